The summed E-state index contributed by atoms with van der Waals surface area (Å²) in [6.45, 7) is 3.21. The van der Waals surface area contributed by atoms with Crippen molar-refractivity contribution in [1.29, 1.82) is 0 Å². The van der Waals surface area contributed by atoms with Crippen molar-refractivity contribution in [3.05, 3.63) is 35.9 Å². The summed E-state index contributed by atoms with van der Waals surface area (Å²) in [6.07, 6.45) is 7.86. The third-order valence-electron chi connectivity index (χ3n) is 3.43. The van der Waals surface area contributed by atoms with Crippen molar-refractivity contribution >= 4 is 11.6 Å². The number of nitrogen functional groups attached to an aromatic ring is 1. The molecule has 1 amide bonds. The summed E-state index contributed by atoms with van der Waals surface area (Å²) in [4.78, 5) is 12.2. The van der Waals surface area contributed by atoms with Gasteiger partial charge in [0.1, 0.15) is 5.69 Å². The van der Waals surface area contributed by atoms with Gasteiger partial charge in [-0.25, -0.2) is 0 Å². The van der Waals surface area contributed by atoms with E-state index < -0.39 is 0 Å². The summed E-state index contributed by atoms with van der Waals surface area (Å²) in [6, 6.07) is 2.19. The summed E-state index contributed by atoms with van der Waals surface area (Å²) in [5.41, 5.74) is 8.21. The number of amides is 1. The number of anilines is 1. The van der Waals surface area contributed by atoms with Crippen molar-refractivity contribution in [1.82, 2.24) is 19.7 Å². The maximum absolute atomic E-state index is 12.2. The number of hydrogen-bond donors (Lipinski definition) is 2. The van der Waals surface area contributed by atoms with Crippen LogP contribution in [0.25, 0.3) is 0 Å². The number of aromatic nitrogens is 3. The molecular weight excluding hydrogens is 254 g/mol. The molecule has 0 radical (unpaired) electrons. The predicted octanol–water partition coefficient (Wildman–Crippen LogP) is 1.34. The number of carbonyl (C=O) groups excluding carboxylic acids is 1. The summed E-state index contributed by atoms with van der Waals surface area (Å²) in [5, 5.41) is 7.10. The molecule has 0 unspecified atom stereocenters. The zero-order valence-electron chi connectivity index (χ0n) is 11.5. The van der Waals surface area contributed by atoms with E-state index in [-0.39, 0.29) is 5.91 Å². The van der Waals surface area contributed by atoms with Gasteiger partial charge in [0.25, 0.3) is 5.91 Å². The molecule has 3 N–H and O–H groups in total. The number of hydrogen-bond acceptors (Lipinski definition) is 3. The first-order valence-electron chi connectivity index (χ1n) is 6.88. The van der Waals surface area contributed by atoms with Gasteiger partial charge in [0.15, 0.2) is 0 Å². The molecule has 0 aromatic carbocycles. The topological polar surface area (TPSA) is 77.9 Å². The lowest BCUT2D eigenvalue weighted by molar-refractivity contribution is 0.0942. The molecule has 2 aromatic rings. The van der Waals surface area contributed by atoms with Crippen LogP contribution in [-0.2, 0) is 6.54 Å². The van der Waals surface area contributed by atoms with Crippen LogP contribution in [0, 0.1) is 6.92 Å². The average Bonchev–Trinajstić information content (AvgIpc) is 3.06. The average molecular weight is 273 g/mol. The van der Waals surface area contributed by atoms with Crippen LogP contribution in [0.4, 0.5) is 5.69 Å². The first-order valence-corrected chi connectivity index (χ1v) is 6.88. The van der Waals surface area contributed by atoms with E-state index >= 15 is 0 Å². The van der Waals surface area contributed by atoms with Gasteiger partial charge >= 0.3 is 0 Å². The van der Waals surface area contributed by atoms with Gasteiger partial charge < -0.3 is 15.6 Å². The molecule has 6 nitrogen and oxygen atoms in total. The molecule has 3 rings (SSSR count). The minimum Gasteiger partial charge on any atom is -0.397 e. The number of nitrogens with one attached hydrogen (secondary N) is 1. The lowest BCUT2D eigenvalue weighted by Gasteiger charge is -2.08. The first-order chi connectivity index (χ1) is 9.63. The molecule has 0 aliphatic heterocycles. The van der Waals surface area contributed by atoms with Crippen molar-refractivity contribution in [2.45, 2.75) is 32.4 Å². The molecule has 6 heteroatoms. The van der Waals surface area contributed by atoms with Crippen LogP contribution < -0.4 is 11.1 Å². The largest absolute Gasteiger partial charge is 0.397 e. The van der Waals surface area contributed by atoms with Gasteiger partial charge in [-0.2, -0.15) is 5.10 Å². The van der Waals surface area contributed by atoms with E-state index in [1.54, 1.807) is 12.3 Å². The van der Waals surface area contributed by atoms with Crippen LogP contribution in [0.2, 0.25) is 0 Å². The monoisotopic (exact) mass is 273 g/mol. The Hall–Kier alpha value is -2.24. The summed E-state index contributed by atoms with van der Waals surface area (Å²) >= 11 is 0. The molecule has 1 aliphatic carbocycles. The quantitative estimate of drug-likeness (QED) is 0.863. The second-order valence-electron chi connectivity index (χ2n) is 5.33. The lowest BCUT2D eigenvalue weighted by atomic mass is 10.3. The number of carbonyl (C=O) groups is 1. The normalized spacial score (nSPS) is 14.4. The number of nitrogens with two attached hydrogens (primary N) is 1. The van der Waals surface area contributed by atoms with E-state index in [1.807, 2.05) is 28.6 Å². The van der Waals surface area contributed by atoms with Gasteiger partial charge in [0.2, 0.25) is 0 Å². The zero-order chi connectivity index (χ0) is 14.1. The maximum atomic E-state index is 12.2. The molecule has 1 fully saturated rings. The second kappa shape index (κ2) is 5.03. The summed E-state index contributed by atoms with van der Waals surface area (Å²) in [5.74, 6) is -0.0718. The highest BCUT2D eigenvalue weighted by molar-refractivity contribution is 5.93. The van der Waals surface area contributed by atoms with E-state index in [1.165, 1.54) is 0 Å². The van der Waals surface area contributed by atoms with E-state index in [0.717, 1.165) is 18.4 Å². The minimum atomic E-state index is -0.0718. The molecule has 20 heavy (non-hydrogen) atoms. The van der Waals surface area contributed by atoms with Crippen LogP contribution in [0.15, 0.2) is 24.7 Å². The number of nitrogens with zero attached hydrogens (tertiary/aromatic N) is 3. The van der Waals surface area contributed by atoms with Crippen LogP contribution >= 0.6 is 0 Å². The Bertz CT molecular complexity index is 623. The second-order valence-corrected chi connectivity index (χ2v) is 5.33. The smallest absolute Gasteiger partial charge is 0.268 e. The fourth-order valence-corrected chi connectivity index (χ4v) is 2.30. The standard InChI is InChI=1S/C14H19N5O/c1-10-7-17-18(8-10)5-4-16-14(20)13-6-11(15)9-19(13)12-2-3-12/h6-9,12H,2-5,15H2,1H3,(H,16,20). The molecule has 2 heterocycles. The lowest BCUT2D eigenvalue weighted by Crippen LogP contribution is -2.29. The molecule has 0 bridgehead atoms. The van der Waals surface area contributed by atoms with Gasteiger partial charge in [-0.3, -0.25) is 9.48 Å². The van der Waals surface area contributed by atoms with Crippen LogP contribution in [0.1, 0.15) is 34.9 Å². The Morgan fingerprint density at radius 2 is 2.30 bits per heavy atom. The summed E-state index contributed by atoms with van der Waals surface area (Å²) in [7, 11) is 0. The number of aryl methyl sites for hydroxylation is 1. The van der Waals surface area contributed by atoms with Crippen molar-refractivity contribution in [3.8, 4) is 0 Å². The molecule has 1 saturated carbocycles. The van der Waals surface area contributed by atoms with Crippen molar-refractivity contribution in [3.63, 3.8) is 0 Å². The van der Waals surface area contributed by atoms with Crippen LogP contribution in [0.5, 0.6) is 0 Å². The molecule has 106 valence electrons. The zero-order valence-corrected chi connectivity index (χ0v) is 11.5. The molecular formula is C14H19N5O. The van der Waals surface area contributed by atoms with Gasteiger partial charge in [0.05, 0.1) is 18.4 Å². The minimum absolute atomic E-state index is 0.0718. The Kier molecular flexibility index (Phi) is 3.22. The van der Waals surface area contributed by atoms with Gasteiger partial charge in [-0.15, -0.1) is 0 Å². The third-order valence-corrected chi connectivity index (χ3v) is 3.43. The fraction of sp³-hybridized carbons (Fsp3) is 0.429. The van der Waals surface area contributed by atoms with Crippen LogP contribution in [-0.4, -0.2) is 26.8 Å². The predicted molar refractivity (Wildman–Crippen MR) is 76.4 cm³/mol. The number of rotatable bonds is 5. The van der Waals surface area contributed by atoms with Gasteiger partial charge in [-0.1, -0.05) is 0 Å². The fourth-order valence-electron chi connectivity index (χ4n) is 2.30. The molecule has 1 aliphatic rings. The first kappa shape index (κ1) is 12.8. The van der Waals surface area contributed by atoms with Gasteiger partial charge in [0, 0.05) is 25.0 Å². The SMILES string of the molecule is Cc1cnn(CCNC(=O)c2cc(N)cn2C2CC2)c1. The Labute approximate surface area is 117 Å². The van der Waals surface area contributed by atoms with Crippen LogP contribution in [0.3, 0.4) is 0 Å². The van der Waals surface area contributed by atoms with E-state index in [9.17, 15) is 4.79 Å². The molecule has 0 atom stereocenters. The highest BCUT2D eigenvalue weighted by Crippen LogP contribution is 2.37. The Balaban J connectivity index is 1.59. The molecule has 0 spiro atoms. The Morgan fingerprint density at radius 3 is 2.95 bits per heavy atom. The molecule has 2 aromatic heterocycles. The highest BCUT2D eigenvalue weighted by Gasteiger charge is 2.27. The van der Waals surface area contributed by atoms with Crippen molar-refractivity contribution < 1.29 is 4.79 Å². The van der Waals surface area contributed by atoms with E-state index in [0.29, 0.717) is 30.5 Å². The summed E-state index contributed by atoms with van der Waals surface area (Å²) < 4.78 is 3.81. The highest BCUT2D eigenvalue weighted by atomic mass is 16.1. The van der Waals surface area contributed by atoms with E-state index in [2.05, 4.69) is 10.4 Å². The van der Waals surface area contributed by atoms with Crippen molar-refractivity contribution in [2.24, 2.45) is 0 Å². The maximum Gasteiger partial charge on any atom is 0.268 e. The molecule has 0 saturated heterocycles. The van der Waals surface area contributed by atoms with Gasteiger partial charge in [-0.05, 0) is 31.4 Å². The third kappa shape index (κ3) is 2.68. The van der Waals surface area contributed by atoms with Crippen molar-refractivity contribution in [2.75, 3.05) is 12.3 Å². The van der Waals surface area contributed by atoms with E-state index in [4.69, 9.17) is 5.73 Å². The Morgan fingerprint density at radius 1 is 1.50 bits per heavy atom.